The predicted octanol–water partition coefficient (Wildman–Crippen LogP) is -2.37. The number of hydrogen-bond acceptors (Lipinski definition) is 16. The number of carboxylic acids is 1. The summed E-state index contributed by atoms with van der Waals surface area (Å²) in [5, 5.41) is 41.4. The zero-order chi connectivity index (χ0) is 66.0. The summed E-state index contributed by atoms with van der Waals surface area (Å²) in [5.74, 6) is -8.99. The first-order valence-corrected chi connectivity index (χ1v) is 31.8. The third-order valence-electron chi connectivity index (χ3n) is 15.2. The Balaban J connectivity index is 2.50. The van der Waals surface area contributed by atoms with Gasteiger partial charge in [0, 0.05) is 26.1 Å². The summed E-state index contributed by atoms with van der Waals surface area (Å²) in [5.41, 5.74) is 34.7. The molecule has 29 nitrogen and oxygen atoms in total. The summed E-state index contributed by atoms with van der Waals surface area (Å²) in [6.45, 7) is 10.4. The Morgan fingerprint density at radius 3 is 1.65 bits per heavy atom. The van der Waals surface area contributed by atoms with Crippen LogP contribution in [-0.2, 0) is 54.4 Å². The summed E-state index contributed by atoms with van der Waals surface area (Å²) in [4.78, 5) is 149. The molecule has 0 aromatic heterocycles. The van der Waals surface area contributed by atoms with Gasteiger partial charge in [-0.2, -0.15) is 11.8 Å². The van der Waals surface area contributed by atoms with E-state index in [1.807, 2.05) is 20.8 Å². The molecule has 2 rings (SSSR count). The number of carbonyl (C=O) groups excluding carboxylic acids is 9. The number of carbonyl (C=O) groups is 10. The van der Waals surface area contributed by atoms with E-state index in [9.17, 15) is 58.2 Å². The lowest BCUT2D eigenvalue weighted by Gasteiger charge is -2.31. The van der Waals surface area contributed by atoms with Crippen molar-refractivity contribution in [1.82, 2.24) is 47.4 Å². The fraction of sp³-hybridized carbons (Fsp3) is 0.690. The summed E-state index contributed by atoms with van der Waals surface area (Å²) in [6, 6.07) is -3.67. The first-order chi connectivity index (χ1) is 41.7. The minimum absolute atomic E-state index is 0.0177. The molecule has 0 aliphatic carbocycles. The molecule has 1 saturated heterocycles. The Kier molecular flexibility index (Phi) is 35.8. The van der Waals surface area contributed by atoms with Gasteiger partial charge in [0.25, 0.3) is 0 Å². The van der Waals surface area contributed by atoms with Gasteiger partial charge in [-0.25, -0.2) is 4.79 Å². The zero-order valence-corrected chi connectivity index (χ0v) is 53.0. The number of aliphatic hydroxyl groups excluding tert-OH is 1. The van der Waals surface area contributed by atoms with Crippen LogP contribution in [0, 0.1) is 17.8 Å². The van der Waals surface area contributed by atoms with Crippen molar-refractivity contribution < 1.29 is 58.2 Å². The second-order valence-electron chi connectivity index (χ2n) is 22.7. The molecule has 1 aliphatic rings. The molecule has 9 amide bonds. The Labute approximate surface area is 521 Å². The van der Waals surface area contributed by atoms with Crippen LogP contribution in [0.2, 0.25) is 0 Å². The molecule has 12 atom stereocenters. The molecule has 0 saturated carbocycles. The van der Waals surface area contributed by atoms with Gasteiger partial charge in [-0.1, -0.05) is 84.7 Å². The number of unbranched alkanes of at least 4 members (excludes halogenated alkanes) is 1. The van der Waals surface area contributed by atoms with Crippen LogP contribution in [0.1, 0.15) is 131 Å². The molecule has 22 N–H and O–H groups in total. The van der Waals surface area contributed by atoms with Gasteiger partial charge in [-0.15, -0.1) is 0 Å². The first kappa shape index (κ1) is 76.8. The number of thioether (sulfide) groups is 1. The standard InChI is InChI=1S/C58H101N17O12S/c1-8-34(5)45(73-47(77)37(60)20-15-26-65-57(61)62)54(84)71-42(31-36-18-11-10-12-19-36)51(81)70-41(30-33(3)4)50(80)68-38(21-13-14-25-59)48(78)67-39(22-16-27-66-58(63)64)49(79)69-40(24-29-88-7)55(85)75-28-17-23-44(75)53(83)72-43(32-76)52(82)74-46(56(86)87)35(6)9-2/h10-12,18-19,33-35,37-46,76H,8-9,13-17,20-32,59-60H2,1-7H3,(H,67,78)(H,68,80)(H,69,79)(H,70,81)(H,71,84)(H,72,83)(H,73,77)(H,74,82)(H,86,87)(H4,61,62,65)(H4,63,64,66)/t34-,35-,37-,38-,39-,40-,41-,42-,43-,44-,45-,46-/m0/s1. The van der Waals surface area contributed by atoms with Crippen LogP contribution >= 0.6 is 11.8 Å². The Morgan fingerprint density at radius 1 is 0.614 bits per heavy atom. The topological polar surface area (TPSA) is 491 Å². The van der Waals surface area contributed by atoms with Crippen molar-refractivity contribution >= 4 is 82.8 Å². The van der Waals surface area contributed by atoms with Crippen molar-refractivity contribution in [3.05, 3.63) is 35.9 Å². The number of nitrogens with two attached hydrogens (primary N) is 6. The van der Waals surface area contributed by atoms with Gasteiger partial charge in [0.1, 0.15) is 54.4 Å². The number of nitrogens with one attached hydrogen (secondary N) is 8. The maximum atomic E-state index is 14.6. The van der Waals surface area contributed by atoms with Gasteiger partial charge in [0.2, 0.25) is 53.2 Å². The van der Waals surface area contributed by atoms with Crippen LogP contribution in [-0.4, -0.2) is 191 Å². The lowest BCUT2D eigenvalue weighted by atomic mass is 9.96. The molecule has 1 aromatic rings. The molecule has 0 unspecified atom stereocenters. The second-order valence-corrected chi connectivity index (χ2v) is 23.7. The first-order valence-electron chi connectivity index (χ1n) is 30.4. The largest absolute Gasteiger partial charge is 0.480 e. The third-order valence-corrected chi connectivity index (χ3v) is 15.8. The van der Waals surface area contributed by atoms with E-state index in [2.05, 4.69) is 52.5 Å². The number of amides is 9. The zero-order valence-electron chi connectivity index (χ0n) is 52.2. The second kappa shape index (κ2) is 41.0. The monoisotopic (exact) mass is 1260 g/mol. The number of nitrogens with zero attached hydrogens (tertiary/aromatic N) is 3. The third kappa shape index (κ3) is 27.4. The maximum Gasteiger partial charge on any atom is 0.326 e. The van der Waals surface area contributed by atoms with E-state index in [4.69, 9.17) is 34.4 Å². The van der Waals surface area contributed by atoms with E-state index in [1.54, 1.807) is 57.4 Å². The molecule has 30 heteroatoms. The molecule has 1 fully saturated rings. The van der Waals surface area contributed by atoms with E-state index >= 15 is 0 Å². The smallest absolute Gasteiger partial charge is 0.326 e. The Hall–Kier alpha value is -7.31. The van der Waals surface area contributed by atoms with Crippen LogP contribution in [0.15, 0.2) is 40.3 Å². The van der Waals surface area contributed by atoms with Crippen molar-refractivity contribution in [2.24, 2.45) is 62.1 Å². The molecular weight excluding hydrogens is 1160 g/mol. The lowest BCUT2D eigenvalue weighted by molar-refractivity contribution is -0.145. The van der Waals surface area contributed by atoms with Crippen molar-refractivity contribution in [2.75, 3.05) is 44.8 Å². The number of benzene rings is 1. The SMILES string of the molecule is CC[C@H](C)[C@H](NC(=O)[C@H](CO)NC(=O)[C@@H]1CCCN1C(=O)[C@H](CCSC)NC(=O)[C@H](CCCN=C(N)N)NC(=O)[C@H](CCCCN)NC(=O)[C@H](CC(C)C)NC(=O)[C@H](Cc1ccccc1)NC(=O)[C@@H](NC(=O)[C@@H](N)CCCN=C(N)N)[C@@H](C)CC)C(=O)O. The van der Waals surface area contributed by atoms with Crippen LogP contribution in [0.5, 0.6) is 0 Å². The average molecular weight is 1260 g/mol. The van der Waals surface area contributed by atoms with Crippen molar-refractivity contribution in [3.8, 4) is 0 Å². The average Bonchev–Trinajstić information content (AvgIpc) is 4.22. The van der Waals surface area contributed by atoms with Crippen LogP contribution in [0.25, 0.3) is 0 Å². The van der Waals surface area contributed by atoms with E-state index in [-0.39, 0.29) is 95.4 Å². The van der Waals surface area contributed by atoms with Gasteiger partial charge in [-0.3, -0.25) is 53.1 Å². The van der Waals surface area contributed by atoms with E-state index in [0.717, 1.165) is 0 Å². The van der Waals surface area contributed by atoms with E-state index < -0.39 is 138 Å². The molecule has 1 aliphatic heterocycles. The molecule has 88 heavy (non-hydrogen) atoms. The Morgan fingerprint density at radius 2 is 1.11 bits per heavy atom. The number of guanidine groups is 2. The number of aliphatic imine (C=N–C) groups is 2. The molecule has 1 aromatic carbocycles. The van der Waals surface area contributed by atoms with Crippen LogP contribution in [0.3, 0.4) is 0 Å². The minimum Gasteiger partial charge on any atom is -0.480 e. The van der Waals surface area contributed by atoms with Crippen LogP contribution < -0.4 is 76.9 Å². The quantitative estimate of drug-likeness (QED) is 0.0185. The summed E-state index contributed by atoms with van der Waals surface area (Å²) < 4.78 is 0. The lowest BCUT2D eigenvalue weighted by Crippen LogP contribution is -2.61. The summed E-state index contributed by atoms with van der Waals surface area (Å²) in [7, 11) is 0. The highest BCUT2D eigenvalue weighted by Gasteiger charge is 2.41. The highest BCUT2D eigenvalue weighted by Crippen LogP contribution is 2.21. The fourth-order valence-electron chi connectivity index (χ4n) is 9.65. The molecular formula is C58H101N17O12S. The molecule has 1 heterocycles. The number of hydrogen-bond donors (Lipinski definition) is 16. The van der Waals surface area contributed by atoms with Gasteiger partial charge in [-0.05, 0) is 112 Å². The number of rotatable bonds is 42. The van der Waals surface area contributed by atoms with Crippen molar-refractivity contribution in [1.29, 1.82) is 0 Å². The number of aliphatic hydroxyl groups is 1. The minimum atomic E-state index is -1.55. The number of likely N-dealkylation sites (tertiary alicyclic amines) is 1. The molecule has 0 radical (unpaired) electrons. The predicted molar refractivity (Wildman–Crippen MR) is 337 cm³/mol. The van der Waals surface area contributed by atoms with E-state index in [0.29, 0.717) is 49.8 Å². The van der Waals surface area contributed by atoms with E-state index in [1.165, 1.54) is 16.7 Å². The number of carboxylic acid groups (broad SMARTS) is 1. The molecule has 0 bridgehead atoms. The highest BCUT2D eigenvalue weighted by atomic mass is 32.2. The molecule has 0 spiro atoms. The van der Waals surface area contributed by atoms with Crippen LogP contribution in [0.4, 0.5) is 0 Å². The van der Waals surface area contributed by atoms with Gasteiger partial charge in [0.15, 0.2) is 11.9 Å². The summed E-state index contributed by atoms with van der Waals surface area (Å²) in [6.07, 6.45) is 4.90. The fourth-order valence-corrected chi connectivity index (χ4v) is 10.1. The van der Waals surface area contributed by atoms with Gasteiger partial charge < -0.3 is 92.0 Å². The van der Waals surface area contributed by atoms with Crippen molar-refractivity contribution in [2.45, 2.75) is 192 Å². The Bertz CT molecular complexity index is 2470. The summed E-state index contributed by atoms with van der Waals surface area (Å²) >= 11 is 1.39. The molecule has 496 valence electrons. The van der Waals surface area contributed by atoms with Gasteiger partial charge in [0.05, 0.1) is 12.6 Å². The highest BCUT2D eigenvalue weighted by molar-refractivity contribution is 7.98. The van der Waals surface area contributed by atoms with Gasteiger partial charge >= 0.3 is 5.97 Å². The normalized spacial score (nSPS) is 16.7. The number of aliphatic carboxylic acids is 1. The maximum absolute atomic E-state index is 14.6. The van der Waals surface area contributed by atoms with Crippen molar-refractivity contribution in [3.63, 3.8) is 0 Å².